The Hall–Kier alpha value is -0.540. The summed E-state index contributed by atoms with van der Waals surface area (Å²) in [5, 5.41) is 0. The molecule has 0 fully saturated rings. The zero-order valence-corrected chi connectivity index (χ0v) is 8.54. The second kappa shape index (κ2) is 4.48. The van der Waals surface area contributed by atoms with Gasteiger partial charge in [-0.05, 0) is 24.0 Å². The molecule has 2 N–H and O–H groups in total. The van der Waals surface area contributed by atoms with Gasteiger partial charge in [0, 0.05) is 11.3 Å². The number of hydrogen-bond donors (Lipinski definition) is 1. The summed E-state index contributed by atoms with van der Waals surface area (Å²) in [5.41, 5.74) is 6.60. The summed E-state index contributed by atoms with van der Waals surface area (Å²) in [5.74, 6) is 0. The van der Waals surface area contributed by atoms with Gasteiger partial charge in [0.15, 0.2) is 0 Å². The Kier molecular flexibility index (Phi) is 3.56. The van der Waals surface area contributed by atoms with Crippen LogP contribution >= 0.6 is 24.0 Å². The fourth-order valence-corrected chi connectivity index (χ4v) is 1.52. The van der Waals surface area contributed by atoms with E-state index in [1.54, 1.807) is 11.8 Å². The zero-order valence-electron chi connectivity index (χ0n) is 6.91. The quantitative estimate of drug-likeness (QED) is 0.594. The van der Waals surface area contributed by atoms with E-state index in [1.165, 1.54) is 10.5 Å². The van der Waals surface area contributed by atoms with Gasteiger partial charge in [0.25, 0.3) is 0 Å². The molecule has 0 aliphatic carbocycles. The number of hydrogen-bond acceptors (Lipinski definition) is 2. The average Bonchev–Trinajstić information content (AvgIpc) is 2.05. The van der Waals surface area contributed by atoms with Gasteiger partial charge in [0.1, 0.15) is 0 Å². The molecule has 0 saturated heterocycles. The fraction of sp³-hybridized carbons (Fsp3) is 0.222. The number of benzene rings is 1. The molecule has 0 unspecified atom stereocenters. The Bertz CT molecular complexity index is 266. The predicted octanol–water partition coefficient (Wildman–Crippen LogP) is 2.24. The van der Waals surface area contributed by atoms with Crippen molar-refractivity contribution in [2.75, 3.05) is 6.26 Å². The Labute approximate surface area is 82.3 Å². The lowest BCUT2D eigenvalue weighted by Crippen LogP contribution is -2.10. The van der Waals surface area contributed by atoms with Crippen molar-refractivity contribution in [2.45, 2.75) is 11.3 Å². The van der Waals surface area contributed by atoms with E-state index in [0.29, 0.717) is 11.4 Å². The van der Waals surface area contributed by atoms with Crippen molar-refractivity contribution in [3.05, 3.63) is 29.8 Å². The molecule has 1 aromatic carbocycles. The van der Waals surface area contributed by atoms with Crippen LogP contribution in [0.3, 0.4) is 0 Å². The SMILES string of the molecule is CSc1ccc(CC(N)=S)cc1. The van der Waals surface area contributed by atoms with E-state index in [2.05, 4.69) is 30.5 Å². The molecule has 0 aliphatic rings. The summed E-state index contributed by atoms with van der Waals surface area (Å²) in [7, 11) is 0. The Morgan fingerprint density at radius 2 is 2.00 bits per heavy atom. The maximum atomic E-state index is 5.42. The van der Waals surface area contributed by atoms with Crippen LogP contribution in [0.5, 0.6) is 0 Å². The lowest BCUT2D eigenvalue weighted by Gasteiger charge is -2.00. The lowest BCUT2D eigenvalue weighted by molar-refractivity contribution is 1.29. The minimum absolute atomic E-state index is 0.548. The molecular formula is C9H11NS2. The van der Waals surface area contributed by atoms with Crippen molar-refractivity contribution in [2.24, 2.45) is 5.73 Å². The van der Waals surface area contributed by atoms with Crippen molar-refractivity contribution in [3.63, 3.8) is 0 Å². The minimum atomic E-state index is 0.548. The highest BCUT2D eigenvalue weighted by Gasteiger charge is 1.94. The molecule has 1 rings (SSSR count). The van der Waals surface area contributed by atoms with E-state index >= 15 is 0 Å². The first-order valence-electron chi connectivity index (χ1n) is 3.63. The maximum absolute atomic E-state index is 5.42. The topological polar surface area (TPSA) is 26.0 Å². The maximum Gasteiger partial charge on any atom is 0.0771 e. The molecule has 0 radical (unpaired) electrons. The molecule has 64 valence electrons. The van der Waals surface area contributed by atoms with Crippen LogP contribution in [0.1, 0.15) is 5.56 Å². The highest BCUT2D eigenvalue weighted by Crippen LogP contribution is 2.14. The van der Waals surface area contributed by atoms with Crippen LogP contribution in [0.4, 0.5) is 0 Å². The normalized spacial score (nSPS) is 9.75. The van der Waals surface area contributed by atoms with Gasteiger partial charge in [-0.1, -0.05) is 24.4 Å². The van der Waals surface area contributed by atoms with Crippen LogP contribution in [0.15, 0.2) is 29.2 Å². The molecule has 0 amide bonds. The van der Waals surface area contributed by atoms with E-state index in [4.69, 9.17) is 18.0 Å². The highest BCUT2D eigenvalue weighted by atomic mass is 32.2. The van der Waals surface area contributed by atoms with E-state index in [0.717, 1.165) is 0 Å². The molecule has 12 heavy (non-hydrogen) atoms. The smallest absolute Gasteiger partial charge is 0.0771 e. The fourth-order valence-electron chi connectivity index (χ4n) is 0.945. The summed E-state index contributed by atoms with van der Waals surface area (Å²) in [6.07, 6.45) is 2.76. The first kappa shape index (κ1) is 9.55. The Morgan fingerprint density at radius 3 is 2.42 bits per heavy atom. The minimum Gasteiger partial charge on any atom is -0.393 e. The standard InChI is InChI=1S/C9H11NS2/c1-12-8-4-2-7(3-5-8)6-9(10)11/h2-5H,6H2,1H3,(H2,10,11). The van der Waals surface area contributed by atoms with Gasteiger partial charge in [-0.15, -0.1) is 11.8 Å². The summed E-state index contributed by atoms with van der Waals surface area (Å²) in [6, 6.07) is 8.28. The second-order valence-corrected chi connectivity index (χ2v) is 3.90. The van der Waals surface area contributed by atoms with E-state index in [1.807, 2.05) is 0 Å². The number of thiocarbonyl (C=S) groups is 1. The third-order valence-corrected chi connectivity index (χ3v) is 2.43. The van der Waals surface area contributed by atoms with E-state index in [-0.39, 0.29) is 0 Å². The summed E-state index contributed by atoms with van der Waals surface area (Å²) < 4.78 is 0. The number of rotatable bonds is 3. The molecule has 1 aromatic rings. The van der Waals surface area contributed by atoms with Crippen molar-refractivity contribution >= 4 is 29.0 Å². The Morgan fingerprint density at radius 1 is 1.42 bits per heavy atom. The zero-order chi connectivity index (χ0) is 8.97. The van der Waals surface area contributed by atoms with Crippen LogP contribution < -0.4 is 5.73 Å². The van der Waals surface area contributed by atoms with Gasteiger partial charge in [0.2, 0.25) is 0 Å². The summed E-state index contributed by atoms with van der Waals surface area (Å²) in [6.45, 7) is 0. The van der Waals surface area contributed by atoms with Crippen LogP contribution in [0.2, 0.25) is 0 Å². The average molecular weight is 197 g/mol. The van der Waals surface area contributed by atoms with Gasteiger partial charge in [-0.2, -0.15) is 0 Å². The predicted molar refractivity (Wildman–Crippen MR) is 58.7 cm³/mol. The second-order valence-electron chi connectivity index (χ2n) is 2.49. The van der Waals surface area contributed by atoms with E-state index < -0.39 is 0 Å². The number of thioether (sulfide) groups is 1. The summed E-state index contributed by atoms with van der Waals surface area (Å²) >= 11 is 6.54. The highest BCUT2D eigenvalue weighted by molar-refractivity contribution is 7.98. The molecule has 1 nitrogen and oxygen atoms in total. The summed E-state index contributed by atoms with van der Waals surface area (Å²) in [4.78, 5) is 1.81. The third kappa shape index (κ3) is 2.83. The van der Waals surface area contributed by atoms with Gasteiger partial charge in [0.05, 0.1) is 4.99 Å². The van der Waals surface area contributed by atoms with Crippen molar-refractivity contribution in [1.29, 1.82) is 0 Å². The van der Waals surface area contributed by atoms with Gasteiger partial charge in [-0.3, -0.25) is 0 Å². The van der Waals surface area contributed by atoms with E-state index in [9.17, 15) is 0 Å². The Balaban J connectivity index is 2.71. The van der Waals surface area contributed by atoms with Crippen LogP contribution in [-0.2, 0) is 6.42 Å². The van der Waals surface area contributed by atoms with Crippen molar-refractivity contribution in [3.8, 4) is 0 Å². The molecule has 0 heterocycles. The monoisotopic (exact) mass is 197 g/mol. The molecule has 0 aliphatic heterocycles. The molecular weight excluding hydrogens is 186 g/mol. The largest absolute Gasteiger partial charge is 0.393 e. The van der Waals surface area contributed by atoms with Crippen LogP contribution in [0.25, 0.3) is 0 Å². The lowest BCUT2D eigenvalue weighted by atomic mass is 10.1. The van der Waals surface area contributed by atoms with Crippen molar-refractivity contribution in [1.82, 2.24) is 0 Å². The van der Waals surface area contributed by atoms with Crippen LogP contribution in [-0.4, -0.2) is 11.2 Å². The van der Waals surface area contributed by atoms with Gasteiger partial charge < -0.3 is 5.73 Å². The first-order chi connectivity index (χ1) is 5.72. The van der Waals surface area contributed by atoms with Gasteiger partial charge in [-0.25, -0.2) is 0 Å². The molecule has 0 aromatic heterocycles. The molecule has 3 heteroatoms. The number of nitrogens with two attached hydrogens (primary N) is 1. The van der Waals surface area contributed by atoms with Crippen LogP contribution in [0, 0.1) is 0 Å². The molecule has 0 saturated carbocycles. The first-order valence-corrected chi connectivity index (χ1v) is 5.27. The third-order valence-electron chi connectivity index (χ3n) is 1.54. The van der Waals surface area contributed by atoms with Gasteiger partial charge >= 0.3 is 0 Å². The molecule has 0 atom stereocenters. The molecule has 0 bridgehead atoms. The van der Waals surface area contributed by atoms with Crippen molar-refractivity contribution < 1.29 is 0 Å². The molecule has 0 spiro atoms.